The number of nitrogens with two attached hydrogens (primary N) is 2. The summed E-state index contributed by atoms with van der Waals surface area (Å²) in [6.45, 7) is 2.16. The number of likely N-dealkylation sites (tertiary alicyclic amines) is 1. The number of carbonyl (C=O) groups is 7. The SMILES string of the molecule is CCCC(=O)N[C@@H](CCC(=O)O)C(=O)N1CCCC[C@H]1C(=O)N[C@@H](Cc1ccc2ccccc2c1)C(=O)N[C@@H](CCCNC(N)=O)C(N)=O. The van der Waals surface area contributed by atoms with Gasteiger partial charge in [0.2, 0.25) is 29.5 Å². The van der Waals surface area contributed by atoms with Crippen LogP contribution in [-0.4, -0.2) is 88.8 Å². The van der Waals surface area contributed by atoms with Gasteiger partial charge in [0.05, 0.1) is 0 Å². The lowest BCUT2D eigenvalue weighted by Gasteiger charge is -2.37. The van der Waals surface area contributed by atoms with Crippen LogP contribution >= 0.6 is 0 Å². The highest BCUT2D eigenvalue weighted by atomic mass is 16.4. The van der Waals surface area contributed by atoms with Crippen molar-refractivity contribution in [3.63, 3.8) is 0 Å². The zero-order valence-corrected chi connectivity index (χ0v) is 27.7. The summed E-state index contributed by atoms with van der Waals surface area (Å²) in [4.78, 5) is 89.8. The summed E-state index contributed by atoms with van der Waals surface area (Å²) in [5, 5.41) is 21.6. The van der Waals surface area contributed by atoms with E-state index in [1.165, 1.54) is 4.90 Å². The Bertz CT molecular complexity index is 1520. The van der Waals surface area contributed by atoms with Gasteiger partial charge in [-0.2, -0.15) is 0 Å². The number of carboxylic acids is 1. The third kappa shape index (κ3) is 12.1. The molecule has 0 unspecified atom stereocenters. The summed E-state index contributed by atoms with van der Waals surface area (Å²) in [5.41, 5.74) is 11.4. The molecular formula is C34H47N7O8. The highest BCUT2D eigenvalue weighted by molar-refractivity contribution is 5.96. The van der Waals surface area contributed by atoms with Gasteiger partial charge in [0.25, 0.3) is 0 Å². The number of aliphatic carboxylic acids is 1. The van der Waals surface area contributed by atoms with Crippen molar-refractivity contribution in [1.82, 2.24) is 26.2 Å². The number of urea groups is 1. The third-order valence-electron chi connectivity index (χ3n) is 8.36. The van der Waals surface area contributed by atoms with Crippen LogP contribution in [0.1, 0.15) is 70.3 Å². The number of rotatable bonds is 18. The Kier molecular flexibility index (Phi) is 14.8. The molecule has 2 aromatic rings. The van der Waals surface area contributed by atoms with E-state index in [1.807, 2.05) is 42.5 Å². The molecule has 266 valence electrons. The summed E-state index contributed by atoms with van der Waals surface area (Å²) < 4.78 is 0. The van der Waals surface area contributed by atoms with Gasteiger partial charge in [-0.3, -0.25) is 28.8 Å². The normalized spacial score (nSPS) is 16.1. The fourth-order valence-corrected chi connectivity index (χ4v) is 5.84. The van der Waals surface area contributed by atoms with E-state index in [0.29, 0.717) is 19.3 Å². The Morgan fingerprint density at radius 1 is 0.878 bits per heavy atom. The predicted octanol–water partition coefficient (Wildman–Crippen LogP) is 0.817. The number of amides is 7. The lowest BCUT2D eigenvalue weighted by molar-refractivity contribution is -0.146. The average Bonchev–Trinajstić information content (AvgIpc) is 3.07. The Balaban J connectivity index is 1.85. The molecule has 15 nitrogen and oxygen atoms in total. The standard InChI is InChI=1S/C34H47N7O8/c1-2-8-28(42)38-25(15-16-29(43)44)33(48)41-18-6-5-12-27(41)32(47)40-26(20-21-13-14-22-9-3-4-10-23(22)19-21)31(46)39-24(30(35)45)11-7-17-37-34(36)49/h3-4,9-10,13-14,19,24-27H,2,5-8,11-12,15-18,20H2,1H3,(H2,35,45)(H,38,42)(H,39,46)(H,40,47)(H,43,44)(H3,36,37,49)/t24-,25-,26-,27-/m0/s1. The zero-order valence-electron chi connectivity index (χ0n) is 27.7. The Morgan fingerprint density at radius 3 is 2.29 bits per heavy atom. The second kappa shape index (κ2) is 19.0. The van der Waals surface area contributed by atoms with Gasteiger partial charge in [0, 0.05) is 32.4 Å². The number of benzene rings is 2. The van der Waals surface area contributed by atoms with Crippen LogP contribution in [0.2, 0.25) is 0 Å². The van der Waals surface area contributed by atoms with Gasteiger partial charge in [0.1, 0.15) is 24.2 Å². The number of primary amides is 2. The van der Waals surface area contributed by atoms with E-state index in [9.17, 15) is 38.7 Å². The molecule has 0 aromatic heterocycles. The second-order valence-electron chi connectivity index (χ2n) is 12.2. The van der Waals surface area contributed by atoms with Crippen molar-refractivity contribution in [1.29, 1.82) is 0 Å². The number of piperidine rings is 1. The minimum Gasteiger partial charge on any atom is -0.481 e. The van der Waals surface area contributed by atoms with Crippen molar-refractivity contribution < 1.29 is 38.7 Å². The summed E-state index contributed by atoms with van der Waals surface area (Å²) in [7, 11) is 0. The van der Waals surface area contributed by atoms with Crippen LogP contribution in [0.3, 0.4) is 0 Å². The van der Waals surface area contributed by atoms with Crippen molar-refractivity contribution in [2.24, 2.45) is 11.5 Å². The minimum atomic E-state index is -1.18. The fourth-order valence-electron chi connectivity index (χ4n) is 5.84. The summed E-state index contributed by atoms with van der Waals surface area (Å²) in [6.07, 6.45) is 2.11. The number of nitrogens with one attached hydrogen (secondary N) is 4. The number of hydrogen-bond acceptors (Lipinski definition) is 7. The van der Waals surface area contributed by atoms with Crippen LogP contribution in [0, 0.1) is 0 Å². The van der Waals surface area contributed by atoms with Crippen molar-refractivity contribution in [3.05, 3.63) is 48.0 Å². The number of carboxylic acid groups (broad SMARTS) is 1. The largest absolute Gasteiger partial charge is 0.481 e. The first-order valence-electron chi connectivity index (χ1n) is 16.6. The molecule has 0 aliphatic carbocycles. The van der Waals surface area contributed by atoms with Crippen molar-refractivity contribution in [3.8, 4) is 0 Å². The maximum absolute atomic E-state index is 13.9. The van der Waals surface area contributed by atoms with E-state index in [1.54, 1.807) is 6.92 Å². The van der Waals surface area contributed by atoms with E-state index in [2.05, 4.69) is 21.3 Å². The number of hydrogen-bond donors (Lipinski definition) is 7. The molecule has 0 bridgehead atoms. The Morgan fingerprint density at radius 2 is 1.61 bits per heavy atom. The third-order valence-corrected chi connectivity index (χ3v) is 8.36. The lowest BCUT2D eigenvalue weighted by Crippen LogP contribution is -2.60. The fraction of sp³-hybridized carbons (Fsp3) is 0.500. The molecule has 0 radical (unpaired) electrons. The van der Waals surface area contributed by atoms with E-state index in [0.717, 1.165) is 16.3 Å². The molecule has 3 rings (SSSR count). The van der Waals surface area contributed by atoms with E-state index >= 15 is 0 Å². The molecule has 9 N–H and O–H groups in total. The molecular weight excluding hydrogens is 634 g/mol. The smallest absolute Gasteiger partial charge is 0.312 e. The van der Waals surface area contributed by atoms with Crippen LogP contribution in [0.25, 0.3) is 10.8 Å². The van der Waals surface area contributed by atoms with Gasteiger partial charge in [-0.25, -0.2) is 4.79 Å². The molecule has 1 aliphatic rings. The van der Waals surface area contributed by atoms with Gasteiger partial charge in [-0.15, -0.1) is 0 Å². The topological polar surface area (TPSA) is 243 Å². The highest BCUT2D eigenvalue weighted by Crippen LogP contribution is 2.21. The predicted molar refractivity (Wildman–Crippen MR) is 181 cm³/mol. The first-order chi connectivity index (χ1) is 23.4. The lowest BCUT2D eigenvalue weighted by atomic mass is 9.97. The molecule has 15 heteroatoms. The number of fused-ring (bicyclic) bond motifs is 1. The number of carbonyl (C=O) groups excluding carboxylic acids is 6. The molecule has 4 atom stereocenters. The second-order valence-corrected chi connectivity index (χ2v) is 12.2. The Labute approximate surface area is 284 Å². The maximum atomic E-state index is 13.9. The molecule has 1 saturated heterocycles. The summed E-state index contributed by atoms with van der Waals surface area (Å²) in [6, 6.07) is 8.12. The maximum Gasteiger partial charge on any atom is 0.312 e. The van der Waals surface area contributed by atoms with Crippen LogP contribution in [0.15, 0.2) is 42.5 Å². The minimum absolute atomic E-state index is 0.0477. The van der Waals surface area contributed by atoms with Gasteiger partial charge >= 0.3 is 12.0 Å². The van der Waals surface area contributed by atoms with Crippen molar-refractivity contribution >= 4 is 52.3 Å². The van der Waals surface area contributed by atoms with Crippen molar-refractivity contribution in [2.45, 2.75) is 95.3 Å². The van der Waals surface area contributed by atoms with Gasteiger partial charge in [-0.1, -0.05) is 49.4 Å². The molecule has 0 saturated carbocycles. The molecule has 0 spiro atoms. The average molecular weight is 682 g/mol. The number of nitrogens with zero attached hydrogens (tertiary/aromatic N) is 1. The summed E-state index contributed by atoms with van der Waals surface area (Å²) >= 11 is 0. The monoisotopic (exact) mass is 681 g/mol. The molecule has 1 aliphatic heterocycles. The van der Waals surface area contributed by atoms with Gasteiger partial charge in [0.15, 0.2) is 0 Å². The van der Waals surface area contributed by atoms with Gasteiger partial charge < -0.3 is 42.7 Å². The van der Waals surface area contributed by atoms with E-state index in [-0.39, 0.29) is 58.0 Å². The quantitative estimate of drug-likeness (QED) is 0.111. The Hall–Kier alpha value is -5.21. The van der Waals surface area contributed by atoms with Crippen LogP contribution in [0.5, 0.6) is 0 Å². The summed E-state index contributed by atoms with van der Waals surface area (Å²) in [5.74, 6) is -4.17. The van der Waals surface area contributed by atoms with Crippen molar-refractivity contribution in [2.75, 3.05) is 13.1 Å². The molecule has 1 heterocycles. The van der Waals surface area contributed by atoms with E-state index in [4.69, 9.17) is 11.5 Å². The van der Waals surface area contributed by atoms with Crippen LogP contribution < -0.4 is 32.7 Å². The molecule has 1 fully saturated rings. The van der Waals surface area contributed by atoms with E-state index < -0.39 is 65.7 Å². The molecule has 2 aromatic carbocycles. The highest BCUT2D eigenvalue weighted by Gasteiger charge is 2.38. The first kappa shape index (κ1) is 38.2. The van der Waals surface area contributed by atoms with Crippen LogP contribution in [-0.2, 0) is 35.2 Å². The zero-order chi connectivity index (χ0) is 35.9. The van der Waals surface area contributed by atoms with Gasteiger partial charge in [-0.05, 0) is 61.3 Å². The first-order valence-corrected chi connectivity index (χ1v) is 16.6. The van der Waals surface area contributed by atoms with Crippen LogP contribution in [0.4, 0.5) is 4.79 Å². The molecule has 49 heavy (non-hydrogen) atoms. The molecule has 7 amide bonds.